The molecule has 1 amide bonds. The molecule has 39 heavy (non-hydrogen) atoms. The van der Waals surface area contributed by atoms with Gasteiger partial charge < -0.3 is 35.9 Å². The second-order valence-electron chi connectivity index (χ2n) is 9.37. The molecule has 0 aliphatic carbocycles. The monoisotopic (exact) mass is 530 g/mol. The predicted molar refractivity (Wildman–Crippen MR) is 161 cm³/mol. The van der Waals surface area contributed by atoms with Crippen molar-refractivity contribution in [2.75, 3.05) is 62.2 Å². The first-order chi connectivity index (χ1) is 18.7. The summed E-state index contributed by atoms with van der Waals surface area (Å²) in [6.07, 6.45) is 4.04. The van der Waals surface area contributed by atoms with Crippen LogP contribution in [0.4, 0.5) is 28.6 Å². The summed E-state index contributed by atoms with van der Waals surface area (Å²) in [4.78, 5) is 25.5. The van der Waals surface area contributed by atoms with Crippen molar-refractivity contribution in [3.8, 4) is 17.0 Å². The molecule has 3 rings (SSSR count). The van der Waals surface area contributed by atoms with Crippen LogP contribution in [0.25, 0.3) is 11.3 Å². The molecule has 0 saturated carbocycles. The minimum Gasteiger partial charge on any atom is -0.494 e. The number of aromatic nitrogens is 2. The Bertz CT molecular complexity index is 1320. The molecule has 4 N–H and O–H groups in total. The maximum Gasteiger partial charge on any atom is 0.247 e. The first-order valence-electron chi connectivity index (χ1n) is 12.7. The highest BCUT2D eigenvalue weighted by Crippen LogP contribution is 2.38. The number of carbonyl (C=O) groups is 1. The van der Waals surface area contributed by atoms with E-state index in [2.05, 4.69) is 63.2 Å². The van der Waals surface area contributed by atoms with Crippen LogP contribution in [-0.2, 0) is 4.79 Å². The number of methoxy groups -OCH3 is 1. The lowest BCUT2D eigenvalue weighted by molar-refractivity contribution is -0.111. The van der Waals surface area contributed by atoms with E-state index in [4.69, 9.17) is 10.1 Å². The molecule has 2 aromatic carbocycles. The molecular weight excluding hydrogens is 492 g/mol. The van der Waals surface area contributed by atoms with Crippen molar-refractivity contribution in [2.24, 2.45) is 0 Å². The Hall–Kier alpha value is -4.44. The number of likely N-dealkylation sites (N-methyl/N-ethyl adjacent to an activating group) is 2. The van der Waals surface area contributed by atoms with E-state index >= 15 is 0 Å². The number of hydrogen-bond donors (Lipinski definition) is 4. The van der Waals surface area contributed by atoms with Crippen LogP contribution in [-0.4, -0.2) is 74.4 Å². The van der Waals surface area contributed by atoms with Crippen molar-refractivity contribution in [3.05, 3.63) is 60.9 Å². The Balaban J connectivity index is 1.96. The van der Waals surface area contributed by atoms with Gasteiger partial charge in [0.1, 0.15) is 17.9 Å². The van der Waals surface area contributed by atoms with E-state index in [0.717, 1.165) is 35.6 Å². The Morgan fingerprint density at radius 2 is 1.87 bits per heavy atom. The molecule has 0 bridgehead atoms. The molecule has 1 heterocycles. The standard InChI is InChI=1S/C29H38N8O2/c1-8-29(38)35-24-14-25(27(39-7)16-26(24)37(6)12-11-36(5)19(2)3)34-28-15-23(32-18-33-28)20-9-10-21(17-30)22(13-20)31-4/h8-10,13-19,30-31H,1,11-12H2,2-7H3,(H,35,38)(H,32,33,34). The summed E-state index contributed by atoms with van der Waals surface area (Å²) in [5, 5.41) is 16.9. The maximum absolute atomic E-state index is 12.3. The van der Waals surface area contributed by atoms with Crippen molar-refractivity contribution in [2.45, 2.75) is 19.9 Å². The average Bonchev–Trinajstić information content (AvgIpc) is 2.95. The molecule has 0 saturated heterocycles. The van der Waals surface area contributed by atoms with Gasteiger partial charge in [-0.25, -0.2) is 9.97 Å². The molecule has 0 aliphatic heterocycles. The third-order valence-corrected chi connectivity index (χ3v) is 6.55. The third kappa shape index (κ3) is 7.32. The Labute approximate surface area is 230 Å². The van der Waals surface area contributed by atoms with Gasteiger partial charge in [0, 0.05) is 68.4 Å². The van der Waals surface area contributed by atoms with E-state index in [1.54, 1.807) is 7.11 Å². The number of rotatable bonds is 13. The van der Waals surface area contributed by atoms with Gasteiger partial charge in [-0.15, -0.1) is 0 Å². The summed E-state index contributed by atoms with van der Waals surface area (Å²) < 4.78 is 5.72. The lowest BCUT2D eigenvalue weighted by atomic mass is 10.1. The summed E-state index contributed by atoms with van der Waals surface area (Å²) in [7, 11) is 7.50. The summed E-state index contributed by atoms with van der Waals surface area (Å²) in [5.74, 6) is 0.845. The topological polar surface area (TPSA) is 118 Å². The van der Waals surface area contributed by atoms with Crippen LogP contribution in [0, 0.1) is 5.41 Å². The fraction of sp³-hybridized carbons (Fsp3) is 0.310. The van der Waals surface area contributed by atoms with Crippen LogP contribution in [0.1, 0.15) is 19.4 Å². The molecule has 206 valence electrons. The largest absolute Gasteiger partial charge is 0.494 e. The van der Waals surface area contributed by atoms with E-state index in [1.165, 1.54) is 18.6 Å². The van der Waals surface area contributed by atoms with Gasteiger partial charge in [0.25, 0.3) is 0 Å². The Kier molecular flexibility index (Phi) is 9.99. The molecule has 0 atom stereocenters. The SMILES string of the molecule is C=CC(=O)Nc1cc(Nc2cc(-c3ccc(C=N)c(NC)c3)ncn2)c(OC)cc1N(C)CCN(C)C(C)C. The number of hydrogen-bond acceptors (Lipinski definition) is 9. The van der Waals surface area contributed by atoms with Crippen molar-refractivity contribution < 1.29 is 9.53 Å². The van der Waals surface area contributed by atoms with Gasteiger partial charge in [-0.05, 0) is 39.1 Å². The number of benzene rings is 2. The van der Waals surface area contributed by atoms with Crippen LogP contribution >= 0.6 is 0 Å². The highest BCUT2D eigenvalue weighted by molar-refractivity contribution is 6.02. The minimum absolute atomic E-state index is 0.307. The summed E-state index contributed by atoms with van der Waals surface area (Å²) in [6.45, 7) is 9.50. The number of carbonyl (C=O) groups excluding carboxylic acids is 1. The molecule has 0 fully saturated rings. The van der Waals surface area contributed by atoms with Gasteiger partial charge in [0.15, 0.2) is 0 Å². The summed E-state index contributed by atoms with van der Waals surface area (Å²) in [6, 6.07) is 11.7. The first-order valence-corrected chi connectivity index (χ1v) is 12.7. The van der Waals surface area contributed by atoms with Gasteiger partial charge >= 0.3 is 0 Å². The molecule has 3 aromatic rings. The molecule has 0 spiro atoms. The number of nitrogens with zero attached hydrogens (tertiary/aromatic N) is 4. The molecule has 0 aliphatic rings. The van der Waals surface area contributed by atoms with Crippen molar-refractivity contribution in [1.82, 2.24) is 14.9 Å². The average molecular weight is 531 g/mol. The van der Waals surface area contributed by atoms with Crippen LogP contribution < -0.4 is 25.6 Å². The molecule has 0 radical (unpaired) electrons. The van der Waals surface area contributed by atoms with Gasteiger partial charge in [-0.3, -0.25) is 4.79 Å². The number of nitrogens with one attached hydrogen (secondary N) is 4. The second-order valence-corrected chi connectivity index (χ2v) is 9.37. The smallest absolute Gasteiger partial charge is 0.247 e. The van der Waals surface area contributed by atoms with Crippen molar-refractivity contribution in [3.63, 3.8) is 0 Å². The molecular formula is C29H38N8O2. The maximum atomic E-state index is 12.3. The lowest BCUT2D eigenvalue weighted by Crippen LogP contribution is -2.35. The summed E-state index contributed by atoms with van der Waals surface area (Å²) >= 11 is 0. The highest BCUT2D eigenvalue weighted by atomic mass is 16.5. The van der Waals surface area contributed by atoms with Crippen LogP contribution in [0.15, 0.2) is 55.4 Å². The fourth-order valence-corrected chi connectivity index (χ4v) is 3.90. The molecule has 1 aromatic heterocycles. The van der Waals surface area contributed by atoms with Crippen LogP contribution in [0.2, 0.25) is 0 Å². The van der Waals surface area contributed by atoms with Gasteiger partial charge in [-0.2, -0.15) is 0 Å². The van der Waals surface area contributed by atoms with E-state index in [-0.39, 0.29) is 5.91 Å². The van der Waals surface area contributed by atoms with Gasteiger partial charge in [0.2, 0.25) is 5.91 Å². The normalized spacial score (nSPS) is 10.8. The zero-order chi connectivity index (χ0) is 28.5. The molecule has 10 nitrogen and oxygen atoms in total. The Morgan fingerprint density at radius 1 is 1.10 bits per heavy atom. The van der Waals surface area contributed by atoms with Gasteiger partial charge in [0.05, 0.1) is 29.9 Å². The van der Waals surface area contributed by atoms with Crippen LogP contribution in [0.5, 0.6) is 5.75 Å². The lowest BCUT2D eigenvalue weighted by Gasteiger charge is -2.28. The van der Waals surface area contributed by atoms with Gasteiger partial charge in [-0.1, -0.05) is 18.7 Å². The number of anilines is 5. The summed E-state index contributed by atoms with van der Waals surface area (Å²) in [5.41, 5.74) is 5.28. The zero-order valence-corrected chi connectivity index (χ0v) is 23.5. The van der Waals surface area contributed by atoms with Crippen LogP contribution in [0.3, 0.4) is 0 Å². The second kappa shape index (κ2) is 13.4. The number of ether oxygens (including phenoxy) is 1. The van der Waals surface area contributed by atoms with Crippen molar-refractivity contribution >= 4 is 40.7 Å². The Morgan fingerprint density at radius 3 is 2.51 bits per heavy atom. The first kappa shape index (κ1) is 29.1. The fourth-order valence-electron chi connectivity index (χ4n) is 3.90. The molecule has 0 unspecified atom stereocenters. The third-order valence-electron chi connectivity index (χ3n) is 6.55. The van der Waals surface area contributed by atoms with Crippen molar-refractivity contribution in [1.29, 1.82) is 5.41 Å². The quantitative estimate of drug-likeness (QED) is 0.183. The minimum atomic E-state index is -0.307. The van der Waals surface area contributed by atoms with E-state index in [1.807, 2.05) is 50.5 Å². The molecule has 10 heteroatoms. The zero-order valence-electron chi connectivity index (χ0n) is 23.5. The van der Waals surface area contributed by atoms with E-state index in [9.17, 15) is 4.79 Å². The highest BCUT2D eigenvalue weighted by Gasteiger charge is 2.17. The van der Waals surface area contributed by atoms with E-state index < -0.39 is 0 Å². The number of amides is 1. The predicted octanol–water partition coefficient (Wildman–Crippen LogP) is 4.84. The van der Waals surface area contributed by atoms with E-state index in [0.29, 0.717) is 34.7 Å².